The van der Waals surface area contributed by atoms with Crippen molar-refractivity contribution < 1.29 is 9.53 Å². The van der Waals surface area contributed by atoms with E-state index in [9.17, 15) is 4.79 Å². The molecule has 1 aliphatic rings. The van der Waals surface area contributed by atoms with Crippen molar-refractivity contribution in [2.24, 2.45) is 4.99 Å². The van der Waals surface area contributed by atoms with Crippen LogP contribution >= 0.6 is 0 Å². The highest BCUT2D eigenvalue weighted by atomic mass is 16.5. The molecule has 0 spiro atoms. The predicted octanol–water partition coefficient (Wildman–Crippen LogP) is 2.62. The Balaban J connectivity index is 1.57. The lowest BCUT2D eigenvalue weighted by Crippen LogP contribution is -2.44. The maximum Gasteiger partial charge on any atom is 0.243 e. The second-order valence-electron chi connectivity index (χ2n) is 7.62. The first-order valence-corrected chi connectivity index (χ1v) is 10.8. The summed E-state index contributed by atoms with van der Waals surface area (Å²) in [5.74, 6) is 3.81. The molecule has 2 aromatic rings. The number of aliphatic imine (C=N–C) groups is 1. The minimum Gasteiger partial charge on any atom is -0.497 e. The molecule has 0 radical (unpaired) electrons. The maximum absolute atomic E-state index is 12.3. The first kappa shape index (κ1) is 23.2. The Morgan fingerprint density at radius 2 is 1.97 bits per heavy atom. The largest absolute Gasteiger partial charge is 0.497 e. The van der Waals surface area contributed by atoms with E-state index in [0.717, 1.165) is 24.4 Å². The van der Waals surface area contributed by atoms with Gasteiger partial charge in [-0.05, 0) is 61.8 Å². The van der Waals surface area contributed by atoms with Gasteiger partial charge < -0.3 is 20.7 Å². The number of likely N-dealkylation sites (tertiary alicyclic amines) is 1. The van der Waals surface area contributed by atoms with Crippen molar-refractivity contribution in [1.82, 2.24) is 15.5 Å². The number of anilines is 1. The van der Waals surface area contributed by atoms with E-state index in [0.29, 0.717) is 18.2 Å². The maximum atomic E-state index is 12.3. The van der Waals surface area contributed by atoms with Crippen LogP contribution in [0.25, 0.3) is 0 Å². The highest BCUT2D eigenvalue weighted by molar-refractivity contribution is 5.95. The molecule has 1 saturated heterocycles. The molecule has 7 nitrogen and oxygen atoms in total. The van der Waals surface area contributed by atoms with Gasteiger partial charge in [-0.2, -0.15) is 0 Å². The summed E-state index contributed by atoms with van der Waals surface area (Å²) in [6.07, 6.45) is 7.82. The van der Waals surface area contributed by atoms with Gasteiger partial charge >= 0.3 is 0 Å². The van der Waals surface area contributed by atoms with Gasteiger partial charge in [0.15, 0.2) is 5.96 Å². The molecule has 1 aliphatic heterocycles. The van der Waals surface area contributed by atoms with E-state index in [-0.39, 0.29) is 18.5 Å². The zero-order valence-corrected chi connectivity index (χ0v) is 18.7. The van der Waals surface area contributed by atoms with E-state index in [1.807, 2.05) is 24.3 Å². The summed E-state index contributed by atoms with van der Waals surface area (Å²) in [5, 5.41) is 9.29. The van der Waals surface area contributed by atoms with Gasteiger partial charge in [-0.25, -0.2) is 0 Å². The second kappa shape index (κ2) is 11.8. The number of methoxy groups -OCH3 is 1. The number of benzene rings is 2. The molecular weight excluding hydrogens is 402 g/mol. The quantitative estimate of drug-likeness (QED) is 0.339. The summed E-state index contributed by atoms with van der Waals surface area (Å²) in [6.45, 7) is 2.88. The van der Waals surface area contributed by atoms with E-state index in [4.69, 9.17) is 11.2 Å². The van der Waals surface area contributed by atoms with Crippen LogP contribution in [0.1, 0.15) is 30.0 Å². The molecule has 1 atom stereocenters. The summed E-state index contributed by atoms with van der Waals surface area (Å²) >= 11 is 0. The highest BCUT2D eigenvalue weighted by Gasteiger charge is 2.24. The van der Waals surface area contributed by atoms with Crippen LogP contribution in [0.4, 0.5) is 5.69 Å². The van der Waals surface area contributed by atoms with Crippen molar-refractivity contribution >= 4 is 17.6 Å². The number of nitrogens with zero attached hydrogens (tertiary/aromatic N) is 2. The number of rotatable bonds is 8. The van der Waals surface area contributed by atoms with Crippen molar-refractivity contribution in [2.75, 3.05) is 45.7 Å². The number of nitrogens with one attached hydrogen (secondary N) is 3. The molecule has 32 heavy (non-hydrogen) atoms. The smallest absolute Gasteiger partial charge is 0.243 e. The lowest BCUT2D eigenvalue weighted by atomic mass is 10.1. The number of amides is 1. The average Bonchev–Trinajstić information content (AvgIpc) is 3.36. The van der Waals surface area contributed by atoms with E-state index in [1.54, 1.807) is 26.3 Å². The molecule has 1 heterocycles. The van der Waals surface area contributed by atoms with E-state index >= 15 is 0 Å². The zero-order valence-electron chi connectivity index (χ0n) is 18.7. The van der Waals surface area contributed by atoms with Gasteiger partial charge in [-0.1, -0.05) is 24.1 Å². The Bertz CT molecular complexity index is 976. The molecule has 0 aliphatic carbocycles. The van der Waals surface area contributed by atoms with Crippen LogP contribution < -0.4 is 20.7 Å². The average molecular weight is 434 g/mol. The fraction of sp³-hybridized carbons (Fsp3) is 0.360. The van der Waals surface area contributed by atoms with Crippen molar-refractivity contribution in [3.63, 3.8) is 0 Å². The molecule has 7 heteroatoms. The van der Waals surface area contributed by atoms with Crippen LogP contribution in [0.2, 0.25) is 0 Å². The topological polar surface area (TPSA) is 78.0 Å². The molecule has 0 bridgehead atoms. The monoisotopic (exact) mass is 433 g/mol. The molecular formula is C25H31N5O2. The first-order valence-electron chi connectivity index (χ1n) is 10.8. The summed E-state index contributed by atoms with van der Waals surface area (Å²) in [5.41, 5.74) is 2.58. The lowest BCUT2D eigenvalue weighted by molar-refractivity contribution is -0.115. The molecule has 168 valence electrons. The number of carbonyl (C=O) groups is 1. The minimum atomic E-state index is -0.175. The summed E-state index contributed by atoms with van der Waals surface area (Å²) in [4.78, 5) is 19.1. The Hall–Kier alpha value is -3.50. The third-order valence-electron chi connectivity index (χ3n) is 5.48. The van der Waals surface area contributed by atoms with E-state index < -0.39 is 0 Å². The molecule has 0 saturated carbocycles. The van der Waals surface area contributed by atoms with E-state index in [1.165, 1.54) is 18.4 Å². The van der Waals surface area contributed by atoms with Gasteiger partial charge in [0, 0.05) is 24.8 Å². The number of ether oxygens (including phenoxy) is 1. The SMILES string of the molecule is C#Cc1cccc(NC(=O)CNC(=NC)NCC(c2cccc(OC)c2)N2CCCC2)c1. The Morgan fingerprint density at radius 1 is 1.19 bits per heavy atom. The van der Waals surface area contributed by atoms with Crippen molar-refractivity contribution in [1.29, 1.82) is 0 Å². The third kappa shape index (κ3) is 6.50. The second-order valence-corrected chi connectivity index (χ2v) is 7.62. The van der Waals surface area contributed by atoms with Gasteiger partial charge in [0.2, 0.25) is 5.91 Å². The van der Waals surface area contributed by atoms with Gasteiger partial charge in [-0.3, -0.25) is 14.7 Å². The number of terminal acetylenes is 1. The fourth-order valence-electron chi connectivity index (χ4n) is 3.83. The lowest BCUT2D eigenvalue weighted by Gasteiger charge is -2.29. The van der Waals surface area contributed by atoms with Crippen LogP contribution in [0.3, 0.4) is 0 Å². The van der Waals surface area contributed by atoms with Crippen LogP contribution in [0.15, 0.2) is 53.5 Å². The molecule has 0 aromatic heterocycles. The van der Waals surface area contributed by atoms with Gasteiger partial charge in [-0.15, -0.1) is 6.42 Å². The van der Waals surface area contributed by atoms with Crippen molar-refractivity contribution in [2.45, 2.75) is 18.9 Å². The van der Waals surface area contributed by atoms with Gasteiger partial charge in [0.1, 0.15) is 5.75 Å². The highest BCUT2D eigenvalue weighted by Crippen LogP contribution is 2.27. The normalized spacial score (nSPS) is 15.0. The van der Waals surface area contributed by atoms with Gasteiger partial charge in [0.25, 0.3) is 0 Å². The fourth-order valence-corrected chi connectivity index (χ4v) is 3.83. The molecule has 2 aromatic carbocycles. The third-order valence-corrected chi connectivity index (χ3v) is 5.48. The Kier molecular flexibility index (Phi) is 8.52. The van der Waals surface area contributed by atoms with Gasteiger partial charge in [0.05, 0.1) is 19.7 Å². The molecule has 1 unspecified atom stereocenters. The van der Waals surface area contributed by atoms with Crippen LogP contribution in [0, 0.1) is 12.3 Å². The molecule has 1 fully saturated rings. The van der Waals surface area contributed by atoms with E-state index in [2.05, 4.69) is 43.9 Å². The predicted molar refractivity (Wildman–Crippen MR) is 129 cm³/mol. The van der Waals surface area contributed by atoms with Crippen molar-refractivity contribution in [3.8, 4) is 18.1 Å². The van der Waals surface area contributed by atoms with Crippen LogP contribution in [-0.2, 0) is 4.79 Å². The number of guanidine groups is 1. The number of carbonyl (C=O) groups excluding carboxylic acids is 1. The standard InChI is InChI=1S/C25H31N5O2/c1-4-19-9-7-11-21(15-19)29-24(31)18-28-25(26-2)27-17-23(30-13-5-6-14-30)20-10-8-12-22(16-20)32-3/h1,7-12,15-16,23H,5-6,13-14,17-18H2,2-3H3,(H,29,31)(H2,26,27,28). The zero-order chi connectivity index (χ0) is 22.8. The van der Waals surface area contributed by atoms with Crippen molar-refractivity contribution in [3.05, 3.63) is 59.7 Å². The Labute approximate surface area is 190 Å². The summed E-state index contributed by atoms with van der Waals surface area (Å²) in [6, 6.07) is 15.6. The summed E-state index contributed by atoms with van der Waals surface area (Å²) < 4.78 is 5.41. The van der Waals surface area contributed by atoms with Crippen LogP contribution in [-0.4, -0.2) is 57.1 Å². The number of hydrogen-bond acceptors (Lipinski definition) is 4. The van der Waals surface area contributed by atoms with Crippen LogP contribution in [0.5, 0.6) is 5.75 Å². The minimum absolute atomic E-state index is 0.0908. The molecule has 1 amide bonds. The summed E-state index contributed by atoms with van der Waals surface area (Å²) in [7, 11) is 3.38. The number of hydrogen-bond donors (Lipinski definition) is 3. The Morgan fingerprint density at radius 3 is 2.69 bits per heavy atom. The molecule has 3 rings (SSSR count). The molecule has 3 N–H and O–H groups in total. The first-order chi connectivity index (χ1) is 15.6.